The molecule has 0 saturated carbocycles. The van der Waals surface area contributed by atoms with Gasteiger partial charge in [-0.1, -0.05) is 17.7 Å². The minimum Gasteiger partial charge on any atom is -0.310 e. The van der Waals surface area contributed by atoms with Crippen LogP contribution < -0.4 is 5.32 Å². The highest BCUT2D eigenvalue weighted by molar-refractivity contribution is 7.84. The van der Waals surface area contributed by atoms with Crippen molar-refractivity contribution in [2.75, 3.05) is 18.6 Å². The summed E-state index contributed by atoms with van der Waals surface area (Å²) in [5.41, 5.74) is 0.953. The molecular formula is C12H17ClFNOS. The Morgan fingerprint density at radius 1 is 1.53 bits per heavy atom. The molecule has 5 heteroatoms. The summed E-state index contributed by atoms with van der Waals surface area (Å²) in [6.45, 7) is 2.78. The van der Waals surface area contributed by atoms with Gasteiger partial charge in [0.25, 0.3) is 0 Å². The molecule has 1 N–H and O–H groups in total. The first-order chi connectivity index (χ1) is 8.00. The molecule has 0 aliphatic rings. The van der Waals surface area contributed by atoms with Gasteiger partial charge in [0, 0.05) is 28.9 Å². The van der Waals surface area contributed by atoms with Crippen molar-refractivity contribution in [1.29, 1.82) is 0 Å². The highest BCUT2D eigenvalue weighted by Gasteiger charge is 2.07. The molecule has 0 radical (unpaired) electrons. The van der Waals surface area contributed by atoms with Crippen LogP contribution in [0.3, 0.4) is 0 Å². The van der Waals surface area contributed by atoms with Crippen LogP contribution in [-0.2, 0) is 10.8 Å². The van der Waals surface area contributed by atoms with E-state index >= 15 is 0 Å². The van der Waals surface area contributed by atoms with Gasteiger partial charge in [0.05, 0.1) is 5.02 Å². The molecule has 0 aromatic heterocycles. The second-order valence-corrected chi connectivity index (χ2v) is 5.94. The third-order valence-corrected chi connectivity index (χ3v) is 3.66. The van der Waals surface area contributed by atoms with Crippen molar-refractivity contribution in [3.63, 3.8) is 0 Å². The monoisotopic (exact) mass is 277 g/mol. The molecule has 0 amide bonds. The van der Waals surface area contributed by atoms with Crippen molar-refractivity contribution in [2.45, 2.75) is 19.4 Å². The Hall–Kier alpha value is -0.450. The van der Waals surface area contributed by atoms with Gasteiger partial charge in [0.1, 0.15) is 5.82 Å². The first kappa shape index (κ1) is 14.6. The van der Waals surface area contributed by atoms with E-state index in [4.69, 9.17) is 11.6 Å². The molecule has 0 aliphatic carbocycles. The number of halogens is 2. The number of hydrogen-bond acceptors (Lipinski definition) is 2. The minimum absolute atomic E-state index is 0.110. The zero-order valence-corrected chi connectivity index (χ0v) is 11.6. The van der Waals surface area contributed by atoms with Gasteiger partial charge in [-0.05, 0) is 37.6 Å². The minimum atomic E-state index is -0.742. The van der Waals surface area contributed by atoms with Gasteiger partial charge in [-0.25, -0.2) is 4.39 Å². The van der Waals surface area contributed by atoms with E-state index in [-0.39, 0.29) is 11.1 Å². The first-order valence-corrected chi connectivity index (χ1v) is 7.59. The number of benzene rings is 1. The molecule has 2 nitrogen and oxygen atoms in total. The Bertz CT molecular complexity index is 400. The SMILES string of the molecule is CC(NCCCS(C)=O)c1ccc(F)c(Cl)c1. The van der Waals surface area contributed by atoms with Crippen molar-refractivity contribution in [1.82, 2.24) is 5.32 Å². The van der Waals surface area contributed by atoms with E-state index in [0.29, 0.717) is 5.75 Å². The third-order valence-electron chi connectivity index (χ3n) is 2.50. The van der Waals surface area contributed by atoms with Crippen LogP contribution in [0.1, 0.15) is 24.9 Å². The topological polar surface area (TPSA) is 29.1 Å². The average molecular weight is 278 g/mol. The maximum atomic E-state index is 13.0. The molecule has 0 spiro atoms. The molecule has 0 heterocycles. The number of nitrogens with one attached hydrogen (secondary N) is 1. The van der Waals surface area contributed by atoms with Gasteiger partial charge in [0.15, 0.2) is 0 Å². The zero-order valence-electron chi connectivity index (χ0n) is 10.0. The molecule has 2 unspecified atom stereocenters. The smallest absolute Gasteiger partial charge is 0.141 e. The standard InChI is InChI=1S/C12H17ClFNOS/c1-9(15-6-3-7-17(2)16)10-4-5-12(14)11(13)8-10/h4-5,8-9,15H,3,6-7H2,1-2H3. The maximum absolute atomic E-state index is 13.0. The van der Waals surface area contributed by atoms with E-state index < -0.39 is 16.6 Å². The summed E-state index contributed by atoms with van der Waals surface area (Å²) < 4.78 is 23.8. The van der Waals surface area contributed by atoms with Crippen molar-refractivity contribution < 1.29 is 8.60 Å². The van der Waals surface area contributed by atoms with Gasteiger partial charge >= 0.3 is 0 Å². The summed E-state index contributed by atoms with van der Waals surface area (Å²) in [7, 11) is -0.742. The summed E-state index contributed by atoms with van der Waals surface area (Å²) in [5.74, 6) is 0.299. The zero-order chi connectivity index (χ0) is 12.8. The lowest BCUT2D eigenvalue weighted by atomic mass is 10.1. The largest absolute Gasteiger partial charge is 0.310 e. The van der Waals surface area contributed by atoms with Crippen LogP contribution in [0.4, 0.5) is 4.39 Å². The van der Waals surface area contributed by atoms with Crippen molar-refractivity contribution >= 4 is 22.4 Å². The molecule has 1 aromatic rings. The fourth-order valence-electron chi connectivity index (χ4n) is 1.49. The molecule has 1 rings (SSSR count). The highest BCUT2D eigenvalue weighted by Crippen LogP contribution is 2.20. The third kappa shape index (κ3) is 5.15. The normalized spacial score (nSPS) is 14.6. The van der Waals surface area contributed by atoms with Crippen molar-refractivity contribution in [3.8, 4) is 0 Å². The molecule has 0 fully saturated rings. The van der Waals surface area contributed by atoms with Gasteiger partial charge < -0.3 is 5.32 Å². The molecule has 0 bridgehead atoms. The van der Waals surface area contributed by atoms with Crippen molar-refractivity contribution in [2.24, 2.45) is 0 Å². The van der Waals surface area contributed by atoms with Crippen LogP contribution in [0.25, 0.3) is 0 Å². The second kappa shape index (κ2) is 7.09. The summed E-state index contributed by atoms with van der Waals surface area (Å²) >= 11 is 5.72. The fourth-order valence-corrected chi connectivity index (χ4v) is 2.23. The molecule has 17 heavy (non-hydrogen) atoms. The van der Waals surface area contributed by atoms with Gasteiger partial charge in [0.2, 0.25) is 0 Å². The van der Waals surface area contributed by atoms with Gasteiger partial charge in [-0.3, -0.25) is 4.21 Å². The average Bonchev–Trinajstić information content (AvgIpc) is 2.27. The Labute approximate surface area is 109 Å². The lowest BCUT2D eigenvalue weighted by Gasteiger charge is -2.14. The molecule has 0 aliphatic heterocycles. The summed E-state index contributed by atoms with van der Waals surface area (Å²) in [4.78, 5) is 0. The summed E-state index contributed by atoms with van der Waals surface area (Å²) in [6.07, 6.45) is 2.56. The van der Waals surface area contributed by atoms with E-state index in [2.05, 4.69) is 5.32 Å². The maximum Gasteiger partial charge on any atom is 0.141 e. The predicted molar refractivity (Wildman–Crippen MR) is 71.4 cm³/mol. The number of rotatable bonds is 6. The molecule has 2 atom stereocenters. The van der Waals surface area contributed by atoms with Crippen LogP contribution in [0.2, 0.25) is 5.02 Å². The molecular weight excluding hydrogens is 261 g/mol. The first-order valence-electron chi connectivity index (χ1n) is 5.49. The Morgan fingerprint density at radius 2 is 2.24 bits per heavy atom. The molecule has 96 valence electrons. The van der Waals surface area contributed by atoms with E-state index in [1.54, 1.807) is 18.4 Å². The fraction of sp³-hybridized carbons (Fsp3) is 0.500. The lowest BCUT2D eigenvalue weighted by Crippen LogP contribution is -2.21. The van der Waals surface area contributed by atoms with Crippen LogP contribution in [0.15, 0.2) is 18.2 Å². The Balaban J connectivity index is 2.44. The molecule has 1 aromatic carbocycles. The van der Waals surface area contributed by atoms with E-state index in [0.717, 1.165) is 18.5 Å². The van der Waals surface area contributed by atoms with E-state index in [1.165, 1.54) is 6.07 Å². The van der Waals surface area contributed by atoms with Crippen LogP contribution >= 0.6 is 11.6 Å². The van der Waals surface area contributed by atoms with Crippen LogP contribution in [0.5, 0.6) is 0 Å². The highest BCUT2D eigenvalue weighted by atomic mass is 35.5. The number of hydrogen-bond donors (Lipinski definition) is 1. The lowest BCUT2D eigenvalue weighted by molar-refractivity contribution is 0.567. The van der Waals surface area contributed by atoms with E-state index in [1.807, 2.05) is 6.92 Å². The Kier molecular flexibility index (Phi) is 6.09. The predicted octanol–water partition coefficient (Wildman–Crippen LogP) is 2.90. The van der Waals surface area contributed by atoms with Crippen molar-refractivity contribution in [3.05, 3.63) is 34.6 Å². The molecule has 0 saturated heterocycles. The van der Waals surface area contributed by atoms with Gasteiger partial charge in [-0.15, -0.1) is 0 Å². The van der Waals surface area contributed by atoms with Crippen LogP contribution in [0, 0.1) is 5.82 Å². The van der Waals surface area contributed by atoms with Crippen LogP contribution in [-0.4, -0.2) is 22.8 Å². The van der Waals surface area contributed by atoms with E-state index in [9.17, 15) is 8.60 Å². The second-order valence-electron chi connectivity index (χ2n) is 3.98. The summed E-state index contributed by atoms with van der Waals surface area (Å²) in [5, 5.41) is 3.43. The Morgan fingerprint density at radius 3 is 2.82 bits per heavy atom. The quantitative estimate of drug-likeness (QED) is 0.810. The summed E-state index contributed by atoms with van der Waals surface area (Å²) in [6, 6.07) is 4.83. The van der Waals surface area contributed by atoms with Gasteiger partial charge in [-0.2, -0.15) is 0 Å².